The number of carbonyl (C=O) groups is 3. The highest BCUT2D eigenvalue weighted by molar-refractivity contribution is 9.10. The van der Waals surface area contributed by atoms with E-state index in [0.29, 0.717) is 38.6 Å². The van der Waals surface area contributed by atoms with Gasteiger partial charge in [-0.05, 0) is 58.1 Å². The monoisotopic (exact) mass is 555 g/mol. The molecule has 3 aliphatic rings. The van der Waals surface area contributed by atoms with Crippen LogP contribution < -0.4 is 16.0 Å². The lowest BCUT2D eigenvalue weighted by atomic mass is 9.60. The standard InChI is InChI=1S/C26H23BrClN3O4/c1-25(2)11-18-20(19(32)12-25)26(14-10-13(28)8-9-16(14)30-24(26)34)21(23(33)35-3)22(29)31(18)17-7-5-4-6-15(17)27/h4-10H,11-12,29H2,1-3H3,(H,30,34). The third kappa shape index (κ3) is 3.27. The van der Waals surface area contributed by atoms with E-state index in [0.717, 1.165) is 0 Å². The predicted octanol–water partition coefficient (Wildman–Crippen LogP) is 4.80. The maximum atomic E-state index is 13.9. The first-order chi connectivity index (χ1) is 16.5. The van der Waals surface area contributed by atoms with E-state index in [1.165, 1.54) is 7.11 Å². The summed E-state index contributed by atoms with van der Waals surface area (Å²) in [6, 6.07) is 12.3. The molecule has 2 aromatic carbocycles. The van der Waals surface area contributed by atoms with Crippen molar-refractivity contribution in [2.75, 3.05) is 17.3 Å². The van der Waals surface area contributed by atoms with Crippen LogP contribution in [-0.4, -0.2) is 24.8 Å². The molecule has 2 aliphatic heterocycles. The first-order valence-electron chi connectivity index (χ1n) is 11.0. The summed E-state index contributed by atoms with van der Waals surface area (Å²) < 4.78 is 5.86. The molecule has 3 N–H and O–H groups in total. The molecule has 7 nitrogen and oxygen atoms in total. The van der Waals surface area contributed by atoms with Crippen molar-refractivity contribution < 1.29 is 19.1 Å². The van der Waals surface area contributed by atoms with E-state index < -0.39 is 22.7 Å². The molecule has 1 aliphatic carbocycles. The Hall–Kier alpha value is -3.10. The zero-order chi connectivity index (χ0) is 25.3. The largest absolute Gasteiger partial charge is 0.466 e. The molecule has 2 aromatic rings. The number of allylic oxidation sites excluding steroid dienone is 1. The number of nitrogens with two attached hydrogens (primary N) is 1. The minimum Gasteiger partial charge on any atom is -0.466 e. The third-order valence-electron chi connectivity index (χ3n) is 6.83. The highest BCUT2D eigenvalue weighted by Gasteiger charge is 2.63. The van der Waals surface area contributed by atoms with Crippen LogP contribution in [-0.2, 0) is 24.5 Å². The summed E-state index contributed by atoms with van der Waals surface area (Å²) in [7, 11) is 1.22. The summed E-state index contributed by atoms with van der Waals surface area (Å²) in [6.45, 7) is 3.99. The maximum absolute atomic E-state index is 13.9. The normalized spacial score (nSPS) is 22.8. The van der Waals surface area contributed by atoms with Gasteiger partial charge >= 0.3 is 5.97 Å². The molecule has 0 radical (unpaired) electrons. The van der Waals surface area contributed by atoms with Gasteiger partial charge in [-0.1, -0.05) is 37.6 Å². The Balaban J connectivity index is 1.96. The fourth-order valence-electron chi connectivity index (χ4n) is 5.52. The molecule has 5 rings (SSSR count). The van der Waals surface area contributed by atoms with Gasteiger partial charge < -0.3 is 15.8 Å². The topological polar surface area (TPSA) is 102 Å². The molecule has 1 unspecified atom stereocenters. The number of hydrogen-bond donors (Lipinski definition) is 2. The number of ketones is 1. The Morgan fingerprint density at radius 3 is 2.57 bits per heavy atom. The van der Waals surface area contributed by atoms with Crippen LogP contribution in [0.3, 0.4) is 0 Å². The molecule has 180 valence electrons. The summed E-state index contributed by atoms with van der Waals surface area (Å²) in [6.07, 6.45) is 0.657. The smallest absolute Gasteiger partial charge is 0.339 e. The van der Waals surface area contributed by atoms with Gasteiger partial charge in [-0.15, -0.1) is 0 Å². The molecule has 0 saturated heterocycles. The highest BCUT2D eigenvalue weighted by Crippen LogP contribution is 2.58. The van der Waals surface area contributed by atoms with Crippen LogP contribution in [0, 0.1) is 5.41 Å². The number of esters is 1. The molecular weight excluding hydrogens is 534 g/mol. The Morgan fingerprint density at radius 1 is 1.17 bits per heavy atom. The van der Waals surface area contributed by atoms with Crippen molar-refractivity contribution in [2.45, 2.75) is 32.1 Å². The first-order valence-corrected chi connectivity index (χ1v) is 12.2. The molecule has 2 heterocycles. The van der Waals surface area contributed by atoms with Gasteiger partial charge in [0.15, 0.2) is 5.78 Å². The number of carbonyl (C=O) groups excluding carboxylic acids is 3. The number of Topliss-reactive ketones (excluding diaryl/α,β-unsaturated/α-hetero) is 1. The van der Waals surface area contributed by atoms with Crippen molar-refractivity contribution in [1.29, 1.82) is 0 Å². The predicted molar refractivity (Wildman–Crippen MR) is 137 cm³/mol. The molecule has 0 fully saturated rings. The SMILES string of the molecule is COC(=O)C1=C(N)N(c2ccccc2Br)C2=C(C(=O)CC(C)(C)C2)C12C(=O)Nc1ccc(Cl)cc12. The number of benzene rings is 2. The number of rotatable bonds is 2. The summed E-state index contributed by atoms with van der Waals surface area (Å²) in [4.78, 5) is 43.0. The van der Waals surface area contributed by atoms with Gasteiger partial charge in [0.05, 0.1) is 12.8 Å². The lowest BCUT2D eigenvalue weighted by molar-refractivity contribution is -0.138. The van der Waals surface area contributed by atoms with Crippen LogP contribution in [0.2, 0.25) is 5.02 Å². The maximum Gasteiger partial charge on any atom is 0.339 e. The van der Waals surface area contributed by atoms with Crippen LogP contribution in [0.25, 0.3) is 0 Å². The fourth-order valence-corrected chi connectivity index (χ4v) is 6.15. The van der Waals surface area contributed by atoms with Gasteiger partial charge in [0, 0.05) is 38.4 Å². The van der Waals surface area contributed by atoms with Gasteiger partial charge in [0.2, 0.25) is 5.91 Å². The van der Waals surface area contributed by atoms with E-state index in [2.05, 4.69) is 21.2 Å². The zero-order valence-corrected chi connectivity index (χ0v) is 21.7. The highest BCUT2D eigenvalue weighted by atomic mass is 79.9. The summed E-state index contributed by atoms with van der Waals surface area (Å²) in [5, 5.41) is 3.21. The van der Waals surface area contributed by atoms with E-state index >= 15 is 0 Å². The fraction of sp³-hybridized carbons (Fsp3) is 0.269. The minimum atomic E-state index is -1.78. The Kier molecular flexibility index (Phi) is 5.38. The number of ether oxygens (including phenoxy) is 1. The van der Waals surface area contributed by atoms with Gasteiger partial charge in [0.25, 0.3) is 0 Å². The van der Waals surface area contributed by atoms with Crippen molar-refractivity contribution in [2.24, 2.45) is 11.1 Å². The molecule has 1 spiro atoms. The second-order valence-electron chi connectivity index (χ2n) is 9.70. The number of para-hydroxylation sites is 1. The quantitative estimate of drug-likeness (QED) is 0.516. The van der Waals surface area contributed by atoms with Crippen molar-refractivity contribution in [3.8, 4) is 0 Å². The number of halogens is 2. The molecule has 0 aromatic heterocycles. The number of anilines is 2. The van der Waals surface area contributed by atoms with E-state index in [-0.39, 0.29) is 29.2 Å². The summed E-state index contributed by atoms with van der Waals surface area (Å²) >= 11 is 9.93. The molecule has 0 bridgehead atoms. The van der Waals surface area contributed by atoms with Crippen molar-refractivity contribution in [3.63, 3.8) is 0 Å². The van der Waals surface area contributed by atoms with Crippen LogP contribution >= 0.6 is 27.5 Å². The van der Waals surface area contributed by atoms with E-state index in [1.54, 1.807) is 23.1 Å². The van der Waals surface area contributed by atoms with Crippen molar-refractivity contribution in [1.82, 2.24) is 0 Å². The number of nitrogens with zero attached hydrogens (tertiary/aromatic N) is 1. The van der Waals surface area contributed by atoms with E-state index in [4.69, 9.17) is 22.1 Å². The Bertz CT molecular complexity index is 1400. The number of fused-ring (bicyclic) bond motifs is 3. The number of hydrogen-bond acceptors (Lipinski definition) is 6. The molecule has 9 heteroatoms. The molecule has 0 saturated carbocycles. The van der Waals surface area contributed by atoms with Gasteiger partial charge in [-0.25, -0.2) is 4.79 Å². The number of methoxy groups -OCH3 is 1. The second-order valence-corrected chi connectivity index (χ2v) is 11.0. The van der Waals surface area contributed by atoms with Crippen LogP contribution in [0.4, 0.5) is 11.4 Å². The molecule has 1 amide bonds. The van der Waals surface area contributed by atoms with Crippen LogP contribution in [0.1, 0.15) is 32.3 Å². The third-order valence-corrected chi connectivity index (χ3v) is 7.73. The number of nitrogens with one attached hydrogen (secondary N) is 1. The number of amides is 1. The average Bonchev–Trinajstić information content (AvgIpc) is 3.05. The lowest BCUT2D eigenvalue weighted by Crippen LogP contribution is -2.54. The van der Waals surface area contributed by atoms with Crippen LogP contribution in [0.15, 0.2) is 69.6 Å². The van der Waals surface area contributed by atoms with Crippen LogP contribution in [0.5, 0.6) is 0 Å². The van der Waals surface area contributed by atoms with Crippen molar-refractivity contribution in [3.05, 3.63) is 80.2 Å². The first kappa shape index (κ1) is 23.6. The zero-order valence-electron chi connectivity index (χ0n) is 19.4. The lowest BCUT2D eigenvalue weighted by Gasteiger charge is -2.47. The molecule has 1 atom stereocenters. The average molecular weight is 557 g/mol. The van der Waals surface area contributed by atoms with E-state index in [1.807, 2.05) is 38.1 Å². The second kappa shape index (κ2) is 7.96. The summed E-state index contributed by atoms with van der Waals surface area (Å²) in [5.74, 6) is -1.54. The van der Waals surface area contributed by atoms with E-state index in [9.17, 15) is 14.4 Å². The molecule has 35 heavy (non-hydrogen) atoms. The van der Waals surface area contributed by atoms with Crippen molar-refractivity contribution >= 4 is 56.6 Å². The Morgan fingerprint density at radius 2 is 1.89 bits per heavy atom. The summed E-state index contributed by atoms with van der Waals surface area (Å²) in [5.41, 5.74) is 6.81. The van der Waals surface area contributed by atoms with Gasteiger partial charge in [-0.2, -0.15) is 0 Å². The van der Waals surface area contributed by atoms with Gasteiger partial charge in [0.1, 0.15) is 16.8 Å². The minimum absolute atomic E-state index is 0.0241. The molecular formula is C26H23BrClN3O4. The van der Waals surface area contributed by atoms with Gasteiger partial charge in [-0.3, -0.25) is 14.5 Å². The Labute approximate surface area is 216 Å².